The molecule has 0 saturated heterocycles. The maximum Gasteiger partial charge on any atom is 0.268 e. The molecule has 0 unspecified atom stereocenters. The molecule has 2 aromatic heterocycles. The number of H-pyrrole nitrogens is 1. The summed E-state index contributed by atoms with van der Waals surface area (Å²) in [5.41, 5.74) is 7.33. The predicted molar refractivity (Wildman–Crippen MR) is 132 cm³/mol. The fraction of sp³-hybridized carbons (Fsp3) is 0.0385. The standard InChI is InChI=1S/C26H19F2N5O3/c1-14-2-8-19(26(35)33(14)18-6-3-16(27)4-7-18)25(34)31-17-5-9-23(20(28)11-17)36-24-10-15-13-30-32-22(15)12-21(24)29/h2-13H,29H2,1H3,(H,30,32)(H,31,34). The van der Waals surface area contributed by atoms with Gasteiger partial charge in [0.05, 0.1) is 17.4 Å². The number of carbonyl (C=O) groups is 1. The molecule has 0 aliphatic rings. The van der Waals surface area contributed by atoms with Crippen molar-refractivity contribution < 1.29 is 18.3 Å². The van der Waals surface area contributed by atoms with Gasteiger partial charge in [-0.15, -0.1) is 0 Å². The number of rotatable bonds is 5. The SMILES string of the molecule is Cc1ccc(C(=O)Nc2ccc(Oc3cc4cn[nH]c4cc3N)c(F)c2)c(=O)n1-c1ccc(F)cc1. The third-order valence-electron chi connectivity index (χ3n) is 5.59. The van der Waals surface area contributed by atoms with E-state index in [1.807, 2.05) is 0 Å². The number of anilines is 2. The van der Waals surface area contributed by atoms with Crippen molar-refractivity contribution >= 4 is 28.2 Å². The second kappa shape index (κ2) is 8.99. The molecule has 0 atom stereocenters. The monoisotopic (exact) mass is 487 g/mol. The highest BCUT2D eigenvalue weighted by atomic mass is 19.1. The fourth-order valence-electron chi connectivity index (χ4n) is 3.77. The van der Waals surface area contributed by atoms with E-state index in [4.69, 9.17) is 10.5 Å². The normalized spacial score (nSPS) is 11.0. The minimum absolute atomic E-state index is 0.100. The van der Waals surface area contributed by atoms with E-state index in [1.165, 1.54) is 47.0 Å². The van der Waals surface area contributed by atoms with Gasteiger partial charge in [-0.25, -0.2) is 8.78 Å². The van der Waals surface area contributed by atoms with Crippen LogP contribution in [0.15, 0.2) is 77.7 Å². The molecule has 0 bridgehead atoms. The number of fused-ring (bicyclic) bond motifs is 1. The van der Waals surface area contributed by atoms with Gasteiger partial charge in [-0.05, 0) is 67.6 Å². The number of hydrogen-bond donors (Lipinski definition) is 3. The second-order valence-corrected chi connectivity index (χ2v) is 8.05. The van der Waals surface area contributed by atoms with Crippen LogP contribution in [-0.2, 0) is 0 Å². The molecule has 4 N–H and O–H groups in total. The van der Waals surface area contributed by atoms with Gasteiger partial charge in [0.15, 0.2) is 17.3 Å². The van der Waals surface area contributed by atoms with E-state index in [2.05, 4.69) is 15.5 Å². The maximum absolute atomic E-state index is 14.8. The van der Waals surface area contributed by atoms with Crippen LogP contribution < -0.4 is 21.3 Å². The third-order valence-corrected chi connectivity index (χ3v) is 5.59. The number of pyridine rings is 1. The molecule has 2 heterocycles. The quantitative estimate of drug-likeness (QED) is 0.304. The molecular formula is C26H19F2N5O3. The maximum atomic E-state index is 14.8. The molecule has 8 nitrogen and oxygen atoms in total. The Morgan fingerprint density at radius 3 is 2.56 bits per heavy atom. The van der Waals surface area contributed by atoms with E-state index in [1.54, 1.807) is 31.3 Å². The molecule has 0 spiro atoms. The predicted octanol–water partition coefficient (Wildman–Crippen LogP) is 4.93. The number of carbonyl (C=O) groups excluding carboxylic acids is 1. The summed E-state index contributed by atoms with van der Waals surface area (Å²) in [4.78, 5) is 25.9. The van der Waals surface area contributed by atoms with Crippen molar-refractivity contribution in [3.63, 3.8) is 0 Å². The van der Waals surface area contributed by atoms with Gasteiger partial charge in [-0.1, -0.05) is 0 Å². The summed E-state index contributed by atoms with van der Waals surface area (Å²) >= 11 is 0. The highest BCUT2D eigenvalue weighted by Crippen LogP contribution is 2.33. The van der Waals surface area contributed by atoms with Crippen LogP contribution in [0.25, 0.3) is 16.6 Å². The number of aromatic nitrogens is 3. The van der Waals surface area contributed by atoms with Gasteiger partial charge < -0.3 is 15.8 Å². The average molecular weight is 487 g/mol. The molecule has 0 radical (unpaired) electrons. The number of aryl methyl sites for hydroxylation is 1. The van der Waals surface area contributed by atoms with Crippen molar-refractivity contribution in [3.8, 4) is 17.2 Å². The number of ether oxygens (including phenoxy) is 1. The highest BCUT2D eigenvalue weighted by molar-refractivity contribution is 6.04. The van der Waals surface area contributed by atoms with Crippen molar-refractivity contribution in [2.75, 3.05) is 11.1 Å². The number of benzene rings is 3. The molecule has 0 aliphatic heterocycles. The lowest BCUT2D eigenvalue weighted by Gasteiger charge is -2.13. The molecule has 180 valence electrons. The first-order valence-corrected chi connectivity index (χ1v) is 10.8. The molecule has 0 saturated carbocycles. The smallest absolute Gasteiger partial charge is 0.268 e. The number of amides is 1. The van der Waals surface area contributed by atoms with E-state index in [9.17, 15) is 18.4 Å². The second-order valence-electron chi connectivity index (χ2n) is 8.05. The number of halogens is 2. The zero-order chi connectivity index (χ0) is 25.4. The van der Waals surface area contributed by atoms with E-state index < -0.39 is 23.1 Å². The first kappa shape index (κ1) is 22.8. The Morgan fingerprint density at radius 1 is 1.03 bits per heavy atom. The van der Waals surface area contributed by atoms with E-state index in [0.717, 1.165) is 11.5 Å². The number of nitrogens with one attached hydrogen (secondary N) is 2. The Kier molecular flexibility index (Phi) is 5.69. The molecule has 3 aromatic carbocycles. The van der Waals surface area contributed by atoms with Crippen molar-refractivity contribution in [1.82, 2.24) is 14.8 Å². The van der Waals surface area contributed by atoms with Crippen molar-refractivity contribution in [2.24, 2.45) is 0 Å². The third kappa shape index (κ3) is 4.27. The van der Waals surface area contributed by atoms with Gasteiger partial charge in [0, 0.05) is 28.5 Å². The summed E-state index contributed by atoms with van der Waals surface area (Å²) in [6, 6.07) is 15.4. The van der Waals surface area contributed by atoms with Crippen molar-refractivity contribution in [3.05, 3.63) is 106 Å². The average Bonchev–Trinajstić information content (AvgIpc) is 3.29. The number of nitrogen functional groups attached to an aromatic ring is 1. The Hall–Kier alpha value is -4.99. The van der Waals surface area contributed by atoms with Crippen LogP contribution in [0, 0.1) is 18.6 Å². The summed E-state index contributed by atoms with van der Waals surface area (Å²) in [6.07, 6.45) is 1.59. The van der Waals surface area contributed by atoms with Gasteiger partial charge in [0.2, 0.25) is 0 Å². The first-order valence-electron chi connectivity index (χ1n) is 10.8. The van der Waals surface area contributed by atoms with Gasteiger partial charge in [0.1, 0.15) is 11.4 Å². The summed E-state index contributed by atoms with van der Waals surface area (Å²) in [5.74, 6) is -1.76. The van der Waals surface area contributed by atoms with Crippen molar-refractivity contribution in [1.29, 1.82) is 0 Å². The van der Waals surface area contributed by atoms with Crippen LogP contribution in [-0.4, -0.2) is 20.7 Å². The van der Waals surface area contributed by atoms with Crippen LogP contribution in [0.3, 0.4) is 0 Å². The molecule has 36 heavy (non-hydrogen) atoms. The summed E-state index contributed by atoms with van der Waals surface area (Å²) in [7, 11) is 0. The molecular weight excluding hydrogens is 468 g/mol. The minimum atomic E-state index is -0.743. The molecule has 5 rings (SSSR count). The summed E-state index contributed by atoms with van der Waals surface area (Å²) in [5, 5.41) is 9.97. The molecule has 5 aromatic rings. The number of nitrogens with two attached hydrogens (primary N) is 1. The first-order chi connectivity index (χ1) is 17.3. The summed E-state index contributed by atoms with van der Waals surface area (Å²) < 4.78 is 35.0. The highest BCUT2D eigenvalue weighted by Gasteiger charge is 2.17. The Bertz CT molecular complexity index is 1680. The summed E-state index contributed by atoms with van der Waals surface area (Å²) in [6.45, 7) is 1.69. The Morgan fingerprint density at radius 2 is 1.81 bits per heavy atom. The fourth-order valence-corrected chi connectivity index (χ4v) is 3.77. The van der Waals surface area contributed by atoms with Crippen LogP contribution in [0.5, 0.6) is 11.5 Å². The Labute approximate surface area is 202 Å². The van der Waals surface area contributed by atoms with Gasteiger partial charge >= 0.3 is 0 Å². The molecule has 10 heteroatoms. The van der Waals surface area contributed by atoms with Crippen LogP contribution >= 0.6 is 0 Å². The molecule has 0 fully saturated rings. The van der Waals surface area contributed by atoms with E-state index in [0.29, 0.717) is 22.6 Å². The topological polar surface area (TPSA) is 115 Å². The van der Waals surface area contributed by atoms with E-state index >= 15 is 0 Å². The van der Waals surface area contributed by atoms with Crippen LogP contribution in [0.1, 0.15) is 16.1 Å². The van der Waals surface area contributed by atoms with Gasteiger partial charge in [-0.2, -0.15) is 5.10 Å². The van der Waals surface area contributed by atoms with Gasteiger partial charge in [-0.3, -0.25) is 19.3 Å². The lowest BCUT2D eigenvalue weighted by Crippen LogP contribution is -2.29. The molecule has 0 aliphatic carbocycles. The number of aromatic amines is 1. The van der Waals surface area contributed by atoms with Gasteiger partial charge in [0.25, 0.3) is 11.5 Å². The largest absolute Gasteiger partial charge is 0.452 e. The lowest BCUT2D eigenvalue weighted by atomic mass is 10.2. The Balaban J connectivity index is 1.38. The molecule has 1 amide bonds. The van der Waals surface area contributed by atoms with E-state index in [-0.39, 0.29) is 22.7 Å². The zero-order valence-electron chi connectivity index (χ0n) is 18.9. The number of hydrogen-bond acceptors (Lipinski definition) is 5. The van der Waals surface area contributed by atoms with Crippen molar-refractivity contribution in [2.45, 2.75) is 6.92 Å². The zero-order valence-corrected chi connectivity index (χ0v) is 18.9. The lowest BCUT2D eigenvalue weighted by molar-refractivity contribution is 0.102. The van der Waals surface area contributed by atoms with Crippen LogP contribution in [0.2, 0.25) is 0 Å². The minimum Gasteiger partial charge on any atom is -0.452 e. The van der Waals surface area contributed by atoms with Crippen LogP contribution in [0.4, 0.5) is 20.2 Å². The number of nitrogens with zero attached hydrogens (tertiary/aromatic N) is 2.